The van der Waals surface area contributed by atoms with Crippen LogP contribution in [0.4, 0.5) is 13.6 Å². The summed E-state index contributed by atoms with van der Waals surface area (Å²) >= 11 is 0. The van der Waals surface area contributed by atoms with Gasteiger partial charge in [-0.05, 0) is 43.9 Å². The van der Waals surface area contributed by atoms with Gasteiger partial charge in [0.15, 0.2) is 0 Å². The molecule has 0 aromatic heterocycles. The van der Waals surface area contributed by atoms with E-state index in [1.807, 2.05) is 0 Å². The molecule has 6 heteroatoms. The number of amides is 2. The summed E-state index contributed by atoms with van der Waals surface area (Å²) in [7, 11) is 0. The van der Waals surface area contributed by atoms with Crippen LogP contribution in [0, 0.1) is 11.6 Å². The van der Waals surface area contributed by atoms with Gasteiger partial charge >= 0.3 is 6.03 Å². The van der Waals surface area contributed by atoms with Crippen LogP contribution in [0.3, 0.4) is 0 Å². The molecule has 0 aliphatic heterocycles. The van der Waals surface area contributed by atoms with Crippen LogP contribution in [0.2, 0.25) is 0 Å². The van der Waals surface area contributed by atoms with E-state index in [4.69, 9.17) is 0 Å². The number of urea groups is 1. The number of rotatable bonds is 3. The molecule has 2 rings (SSSR count). The average molecular weight is 284 g/mol. The van der Waals surface area contributed by atoms with E-state index in [2.05, 4.69) is 10.6 Å². The molecule has 0 radical (unpaired) electrons. The van der Waals surface area contributed by atoms with Gasteiger partial charge in [0, 0.05) is 18.2 Å². The number of hydrogen-bond acceptors (Lipinski definition) is 2. The topological polar surface area (TPSA) is 61.4 Å². The van der Waals surface area contributed by atoms with E-state index in [1.54, 1.807) is 0 Å². The lowest BCUT2D eigenvalue weighted by Crippen LogP contribution is -2.44. The smallest absolute Gasteiger partial charge is 0.315 e. The molecule has 1 aromatic carbocycles. The molecule has 0 spiro atoms. The van der Waals surface area contributed by atoms with Crippen molar-refractivity contribution in [2.45, 2.75) is 44.4 Å². The maximum absolute atomic E-state index is 13.4. The number of nitrogens with one attached hydrogen (secondary N) is 2. The lowest BCUT2D eigenvalue weighted by molar-refractivity contribution is 0.117. The summed E-state index contributed by atoms with van der Waals surface area (Å²) in [6, 6.07) is 2.75. The standard InChI is InChI=1S/C14H18F2N2O2/c15-10-1-6-13(16)9(7-10)8-17-14(20)18-11-2-4-12(19)5-3-11/h1,6-7,11-12,19H,2-5,8H2,(H2,17,18,20). The Morgan fingerprint density at radius 1 is 1.25 bits per heavy atom. The van der Waals surface area contributed by atoms with E-state index in [9.17, 15) is 18.7 Å². The molecule has 20 heavy (non-hydrogen) atoms. The highest BCUT2D eigenvalue weighted by Gasteiger charge is 2.20. The molecule has 2 amide bonds. The molecule has 0 bridgehead atoms. The number of benzene rings is 1. The summed E-state index contributed by atoms with van der Waals surface area (Å²) < 4.78 is 26.3. The monoisotopic (exact) mass is 284 g/mol. The highest BCUT2D eigenvalue weighted by atomic mass is 19.1. The fourth-order valence-corrected chi connectivity index (χ4v) is 2.31. The van der Waals surface area contributed by atoms with E-state index in [0.717, 1.165) is 31.0 Å². The third-order valence-electron chi connectivity index (χ3n) is 3.48. The van der Waals surface area contributed by atoms with Gasteiger partial charge in [0.25, 0.3) is 0 Å². The lowest BCUT2D eigenvalue weighted by Gasteiger charge is -2.26. The predicted molar refractivity (Wildman–Crippen MR) is 70.0 cm³/mol. The van der Waals surface area contributed by atoms with E-state index >= 15 is 0 Å². The van der Waals surface area contributed by atoms with Crippen molar-refractivity contribution in [3.63, 3.8) is 0 Å². The predicted octanol–water partition coefficient (Wildman–Crippen LogP) is 2.07. The second kappa shape index (κ2) is 6.65. The lowest BCUT2D eigenvalue weighted by atomic mass is 9.93. The molecule has 3 N–H and O–H groups in total. The van der Waals surface area contributed by atoms with Crippen molar-refractivity contribution in [1.29, 1.82) is 0 Å². The van der Waals surface area contributed by atoms with E-state index in [0.29, 0.717) is 12.8 Å². The fourth-order valence-electron chi connectivity index (χ4n) is 2.31. The number of carbonyl (C=O) groups excluding carboxylic acids is 1. The van der Waals surface area contributed by atoms with E-state index in [1.165, 1.54) is 0 Å². The zero-order valence-corrected chi connectivity index (χ0v) is 11.0. The van der Waals surface area contributed by atoms with Crippen LogP contribution < -0.4 is 10.6 Å². The van der Waals surface area contributed by atoms with Crippen molar-refractivity contribution in [2.75, 3.05) is 0 Å². The van der Waals surface area contributed by atoms with Crippen LogP contribution >= 0.6 is 0 Å². The maximum atomic E-state index is 13.4. The third-order valence-corrected chi connectivity index (χ3v) is 3.48. The van der Waals surface area contributed by atoms with Crippen LogP contribution in [-0.2, 0) is 6.54 Å². The van der Waals surface area contributed by atoms with Gasteiger partial charge < -0.3 is 15.7 Å². The Kier molecular flexibility index (Phi) is 4.89. The number of aliphatic hydroxyl groups excluding tert-OH is 1. The van der Waals surface area contributed by atoms with Gasteiger partial charge in [-0.2, -0.15) is 0 Å². The summed E-state index contributed by atoms with van der Waals surface area (Å²) in [6.45, 7) is -0.0647. The van der Waals surface area contributed by atoms with Crippen molar-refractivity contribution >= 4 is 6.03 Å². The first-order chi connectivity index (χ1) is 9.54. The van der Waals surface area contributed by atoms with Crippen molar-refractivity contribution in [3.8, 4) is 0 Å². The van der Waals surface area contributed by atoms with E-state index in [-0.39, 0.29) is 24.3 Å². The summed E-state index contributed by atoms with van der Waals surface area (Å²) in [6.07, 6.45) is 2.51. The second-order valence-corrected chi connectivity index (χ2v) is 5.07. The zero-order valence-electron chi connectivity index (χ0n) is 11.0. The normalized spacial score (nSPS) is 22.4. The van der Waals surface area contributed by atoms with Gasteiger partial charge in [-0.3, -0.25) is 0 Å². The minimum atomic E-state index is -0.549. The first kappa shape index (κ1) is 14.7. The Labute approximate surface area is 116 Å². The summed E-state index contributed by atoms with van der Waals surface area (Å²) in [5.74, 6) is -1.09. The summed E-state index contributed by atoms with van der Waals surface area (Å²) in [5, 5.41) is 14.6. The van der Waals surface area contributed by atoms with Crippen LogP contribution in [0.15, 0.2) is 18.2 Å². The van der Waals surface area contributed by atoms with Crippen LogP contribution in [-0.4, -0.2) is 23.3 Å². The van der Waals surface area contributed by atoms with Crippen LogP contribution in [0.1, 0.15) is 31.2 Å². The van der Waals surface area contributed by atoms with Crippen molar-refractivity contribution < 1.29 is 18.7 Å². The highest BCUT2D eigenvalue weighted by Crippen LogP contribution is 2.18. The number of halogens is 2. The first-order valence-electron chi connectivity index (χ1n) is 6.71. The van der Waals surface area contributed by atoms with Gasteiger partial charge in [0.05, 0.1) is 6.10 Å². The zero-order chi connectivity index (χ0) is 14.5. The Hall–Kier alpha value is -1.69. The van der Waals surface area contributed by atoms with Crippen LogP contribution in [0.25, 0.3) is 0 Å². The molecule has 0 unspecified atom stereocenters. The highest BCUT2D eigenvalue weighted by molar-refractivity contribution is 5.74. The minimum Gasteiger partial charge on any atom is -0.393 e. The van der Waals surface area contributed by atoms with Crippen molar-refractivity contribution in [1.82, 2.24) is 10.6 Å². The van der Waals surface area contributed by atoms with Gasteiger partial charge in [-0.25, -0.2) is 13.6 Å². The quantitative estimate of drug-likeness (QED) is 0.795. The Morgan fingerprint density at radius 3 is 2.65 bits per heavy atom. The van der Waals surface area contributed by atoms with Crippen LogP contribution in [0.5, 0.6) is 0 Å². The molecular formula is C14H18F2N2O2. The summed E-state index contributed by atoms with van der Waals surface area (Å²) in [4.78, 5) is 11.7. The molecule has 0 saturated heterocycles. The number of carbonyl (C=O) groups is 1. The van der Waals surface area contributed by atoms with Gasteiger partial charge in [-0.15, -0.1) is 0 Å². The third kappa shape index (κ3) is 4.16. The molecule has 1 fully saturated rings. The molecule has 0 heterocycles. The molecule has 1 aromatic rings. The van der Waals surface area contributed by atoms with Crippen molar-refractivity contribution in [2.24, 2.45) is 0 Å². The Morgan fingerprint density at radius 2 is 1.95 bits per heavy atom. The second-order valence-electron chi connectivity index (χ2n) is 5.07. The van der Waals surface area contributed by atoms with Crippen molar-refractivity contribution in [3.05, 3.63) is 35.4 Å². The van der Waals surface area contributed by atoms with Gasteiger partial charge in [0.2, 0.25) is 0 Å². The minimum absolute atomic E-state index is 0.0238. The maximum Gasteiger partial charge on any atom is 0.315 e. The molecule has 1 aliphatic rings. The summed E-state index contributed by atoms with van der Waals surface area (Å²) in [5.41, 5.74) is 0.110. The Balaban J connectivity index is 1.79. The number of hydrogen-bond donors (Lipinski definition) is 3. The molecule has 1 saturated carbocycles. The SMILES string of the molecule is O=C(NCc1cc(F)ccc1F)NC1CCC(O)CC1. The van der Waals surface area contributed by atoms with E-state index < -0.39 is 17.7 Å². The average Bonchev–Trinajstić information content (AvgIpc) is 2.42. The number of aliphatic hydroxyl groups is 1. The fraction of sp³-hybridized carbons (Fsp3) is 0.500. The largest absolute Gasteiger partial charge is 0.393 e. The molecular weight excluding hydrogens is 266 g/mol. The Bertz CT molecular complexity index is 474. The van der Waals surface area contributed by atoms with Gasteiger partial charge in [0.1, 0.15) is 11.6 Å². The molecule has 4 nitrogen and oxygen atoms in total. The molecule has 110 valence electrons. The molecule has 1 aliphatic carbocycles. The molecule has 0 atom stereocenters. The van der Waals surface area contributed by atoms with Gasteiger partial charge in [-0.1, -0.05) is 0 Å². The first-order valence-corrected chi connectivity index (χ1v) is 6.71.